The van der Waals surface area contributed by atoms with E-state index in [0.29, 0.717) is 33.7 Å². The molecule has 3 aromatic carbocycles. The number of ether oxygens (including phenoxy) is 2. The van der Waals surface area contributed by atoms with E-state index in [-0.39, 0.29) is 29.9 Å². The average molecular weight is 536 g/mol. The van der Waals surface area contributed by atoms with Gasteiger partial charge in [-0.2, -0.15) is 0 Å². The molecule has 4 rings (SSSR count). The largest absolute Gasteiger partial charge is 0.497 e. The van der Waals surface area contributed by atoms with E-state index in [1.165, 1.54) is 50.2 Å². The van der Waals surface area contributed by atoms with Gasteiger partial charge in [0, 0.05) is 23.0 Å². The summed E-state index contributed by atoms with van der Waals surface area (Å²) in [5, 5.41) is 14.6. The lowest BCUT2D eigenvalue weighted by molar-refractivity contribution is -0.113. The molecular weight excluding hydrogens is 509 g/mol. The lowest BCUT2D eigenvalue weighted by atomic mass is 10.2. The van der Waals surface area contributed by atoms with Crippen molar-refractivity contribution in [2.45, 2.75) is 18.6 Å². The molecule has 196 valence electrons. The summed E-state index contributed by atoms with van der Waals surface area (Å²) in [6.07, 6.45) is 0. The molecule has 4 aromatic rings. The fourth-order valence-corrected chi connectivity index (χ4v) is 4.37. The number of nitrogens with zero attached hydrogens (tertiary/aromatic N) is 3. The third-order valence-electron chi connectivity index (χ3n) is 5.44. The molecule has 0 saturated carbocycles. The van der Waals surface area contributed by atoms with E-state index in [4.69, 9.17) is 9.47 Å². The highest BCUT2D eigenvalue weighted by Gasteiger charge is 2.18. The van der Waals surface area contributed by atoms with Crippen LogP contribution in [-0.4, -0.2) is 46.6 Å². The minimum absolute atomic E-state index is 0.0529. The number of thioether (sulfide) groups is 1. The van der Waals surface area contributed by atoms with Gasteiger partial charge < -0.3 is 20.1 Å². The predicted octanol–water partition coefficient (Wildman–Crippen LogP) is 4.39. The molecule has 0 spiro atoms. The highest BCUT2D eigenvalue weighted by Crippen LogP contribution is 2.25. The second-order valence-electron chi connectivity index (χ2n) is 8.20. The number of methoxy groups -OCH3 is 2. The van der Waals surface area contributed by atoms with Crippen LogP contribution < -0.4 is 20.1 Å². The van der Waals surface area contributed by atoms with E-state index in [1.807, 2.05) is 31.2 Å². The maximum atomic E-state index is 13.1. The number of anilines is 1. The summed E-state index contributed by atoms with van der Waals surface area (Å²) in [6.45, 7) is 2.05. The summed E-state index contributed by atoms with van der Waals surface area (Å²) in [5.41, 5.74) is 2.69. The number of amides is 2. The van der Waals surface area contributed by atoms with Gasteiger partial charge >= 0.3 is 0 Å². The molecule has 11 heteroatoms. The van der Waals surface area contributed by atoms with Crippen molar-refractivity contribution < 1.29 is 23.5 Å². The maximum absolute atomic E-state index is 13.1. The molecule has 9 nitrogen and oxygen atoms in total. The standard InChI is InChI=1S/C27H26FN5O4S/c1-17-5-4-6-21(11-17)33-24(15-29-26(35)18-12-22(36-2)14-23(13-18)37-3)31-32-27(33)38-16-25(34)30-20-9-7-19(28)8-10-20/h4-14H,15-16H2,1-3H3,(H,29,35)(H,30,34). The molecular formula is C27H26FN5O4S. The molecule has 0 bridgehead atoms. The Morgan fingerprint density at radius 3 is 2.34 bits per heavy atom. The number of hydrogen-bond donors (Lipinski definition) is 2. The zero-order valence-corrected chi connectivity index (χ0v) is 21.8. The van der Waals surface area contributed by atoms with Gasteiger partial charge in [-0.25, -0.2) is 4.39 Å². The van der Waals surface area contributed by atoms with Crippen LogP contribution in [0.1, 0.15) is 21.7 Å². The highest BCUT2D eigenvalue weighted by molar-refractivity contribution is 7.99. The minimum atomic E-state index is -0.381. The fraction of sp³-hybridized carbons (Fsp3) is 0.185. The predicted molar refractivity (Wildman–Crippen MR) is 143 cm³/mol. The Hall–Kier alpha value is -4.38. The Morgan fingerprint density at radius 1 is 0.974 bits per heavy atom. The van der Waals surface area contributed by atoms with Gasteiger partial charge in [-0.15, -0.1) is 10.2 Å². The first-order chi connectivity index (χ1) is 18.4. The van der Waals surface area contributed by atoms with Gasteiger partial charge in [-0.1, -0.05) is 23.9 Å². The summed E-state index contributed by atoms with van der Waals surface area (Å²) in [7, 11) is 3.03. The van der Waals surface area contributed by atoms with Crippen LogP contribution in [0.5, 0.6) is 11.5 Å². The maximum Gasteiger partial charge on any atom is 0.251 e. The Kier molecular flexibility index (Phi) is 8.59. The smallest absolute Gasteiger partial charge is 0.251 e. The number of benzene rings is 3. The molecule has 0 fully saturated rings. The SMILES string of the molecule is COc1cc(OC)cc(C(=O)NCc2nnc(SCC(=O)Nc3ccc(F)cc3)n2-c2cccc(C)c2)c1. The quantitative estimate of drug-likeness (QED) is 0.290. The first-order valence-electron chi connectivity index (χ1n) is 11.6. The molecule has 0 unspecified atom stereocenters. The van der Waals surface area contributed by atoms with Gasteiger partial charge in [0.2, 0.25) is 5.91 Å². The van der Waals surface area contributed by atoms with Crippen LogP contribution >= 0.6 is 11.8 Å². The van der Waals surface area contributed by atoms with E-state index in [9.17, 15) is 14.0 Å². The molecule has 1 aromatic heterocycles. The van der Waals surface area contributed by atoms with Gasteiger partial charge in [0.25, 0.3) is 5.91 Å². The first kappa shape index (κ1) is 26.7. The lowest BCUT2D eigenvalue weighted by Gasteiger charge is -2.12. The Labute approximate surface area is 223 Å². The van der Waals surface area contributed by atoms with Crippen molar-refractivity contribution >= 4 is 29.3 Å². The third kappa shape index (κ3) is 6.68. The lowest BCUT2D eigenvalue weighted by Crippen LogP contribution is -2.24. The summed E-state index contributed by atoms with van der Waals surface area (Å²) < 4.78 is 25.4. The Morgan fingerprint density at radius 2 is 1.68 bits per heavy atom. The van der Waals surface area contributed by atoms with Crippen molar-refractivity contribution in [3.05, 3.63) is 89.5 Å². The van der Waals surface area contributed by atoms with Gasteiger partial charge in [-0.3, -0.25) is 14.2 Å². The number of hydrogen-bond acceptors (Lipinski definition) is 7. The highest BCUT2D eigenvalue weighted by atomic mass is 32.2. The van der Waals surface area contributed by atoms with Crippen molar-refractivity contribution in [1.82, 2.24) is 20.1 Å². The van der Waals surface area contributed by atoms with Gasteiger partial charge in [0.05, 0.1) is 26.5 Å². The van der Waals surface area contributed by atoms with Crippen LogP contribution in [0.3, 0.4) is 0 Å². The monoisotopic (exact) mass is 535 g/mol. The molecule has 0 saturated heterocycles. The van der Waals surface area contributed by atoms with Crippen molar-refractivity contribution in [2.75, 3.05) is 25.3 Å². The van der Waals surface area contributed by atoms with E-state index < -0.39 is 0 Å². The Bertz CT molecular complexity index is 1420. The van der Waals surface area contributed by atoms with Crippen LogP contribution in [0.15, 0.2) is 71.9 Å². The van der Waals surface area contributed by atoms with Crippen molar-refractivity contribution in [3.63, 3.8) is 0 Å². The number of rotatable bonds is 10. The van der Waals surface area contributed by atoms with Gasteiger partial charge in [-0.05, 0) is 61.0 Å². The Balaban J connectivity index is 1.51. The number of carbonyl (C=O) groups excluding carboxylic acids is 2. The molecule has 38 heavy (non-hydrogen) atoms. The first-order valence-corrected chi connectivity index (χ1v) is 12.6. The fourth-order valence-electron chi connectivity index (χ4n) is 3.60. The average Bonchev–Trinajstić information content (AvgIpc) is 3.34. The van der Waals surface area contributed by atoms with Crippen LogP contribution in [0.4, 0.5) is 10.1 Å². The molecule has 0 aliphatic rings. The van der Waals surface area contributed by atoms with E-state index >= 15 is 0 Å². The molecule has 0 radical (unpaired) electrons. The van der Waals surface area contributed by atoms with E-state index in [2.05, 4.69) is 20.8 Å². The topological polar surface area (TPSA) is 107 Å². The van der Waals surface area contributed by atoms with E-state index in [1.54, 1.807) is 22.8 Å². The molecule has 2 amide bonds. The zero-order valence-electron chi connectivity index (χ0n) is 21.0. The number of halogens is 1. The molecule has 1 heterocycles. The minimum Gasteiger partial charge on any atom is -0.497 e. The molecule has 2 N–H and O–H groups in total. The normalized spacial score (nSPS) is 10.6. The summed E-state index contributed by atoms with van der Waals surface area (Å²) in [5.74, 6) is 0.535. The van der Waals surface area contributed by atoms with Crippen molar-refractivity contribution in [3.8, 4) is 17.2 Å². The number of aromatic nitrogens is 3. The van der Waals surface area contributed by atoms with Crippen LogP contribution in [-0.2, 0) is 11.3 Å². The molecule has 0 aliphatic carbocycles. The van der Waals surface area contributed by atoms with E-state index in [0.717, 1.165) is 11.3 Å². The number of carbonyl (C=O) groups is 2. The van der Waals surface area contributed by atoms with Gasteiger partial charge in [0.15, 0.2) is 11.0 Å². The van der Waals surface area contributed by atoms with Crippen molar-refractivity contribution in [1.29, 1.82) is 0 Å². The number of aryl methyl sites for hydroxylation is 1. The summed E-state index contributed by atoms with van der Waals surface area (Å²) >= 11 is 1.20. The molecule has 0 aliphatic heterocycles. The second-order valence-corrected chi connectivity index (χ2v) is 9.14. The van der Waals surface area contributed by atoms with Crippen LogP contribution in [0, 0.1) is 12.7 Å². The van der Waals surface area contributed by atoms with Gasteiger partial charge in [0.1, 0.15) is 17.3 Å². The third-order valence-corrected chi connectivity index (χ3v) is 6.37. The summed E-state index contributed by atoms with van der Waals surface area (Å²) in [6, 6.07) is 18.2. The van der Waals surface area contributed by atoms with Crippen LogP contribution in [0.2, 0.25) is 0 Å². The van der Waals surface area contributed by atoms with Crippen molar-refractivity contribution in [2.24, 2.45) is 0 Å². The summed E-state index contributed by atoms with van der Waals surface area (Å²) in [4.78, 5) is 25.4. The zero-order chi connectivity index (χ0) is 27.1. The molecule has 0 atom stereocenters. The second kappa shape index (κ2) is 12.2. The number of nitrogens with one attached hydrogen (secondary N) is 2. The van der Waals surface area contributed by atoms with Crippen LogP contribution in [0.25, 0.3) is 5.69 Å².